The molecule has 1 aromatic heterocycles. The SMILES string of the molecule is CC(=O)OC(C(=O)Nc1nc(-c2ccccc2)c(-c2ccccc2)o1)c1ccccc1. The van der Waals surface area contributed by atoms with Crippen LogP contribution in [0.15, 0.2) is 95.4 Å². The first-order valence-corrected chi connectivity index (χ1v) is 9.76. The number of benzene rings is 3. The molecule has 31 heavy (non-hydrogen) atoms. The molecule has 0 spiro atoms. The lowest BCUT2D eigenvalue weighted by atomic mass is 10.1. The molecule has 0 bridgehead atoms. The maximum atomic E-state index is 13.0. The van der Waals surface area contributed by atoms with E-state index in [2.05, 4.69) is 10.3 Å². The molecule has 0 aliphatic heterocycles. The van der Waals surface area contributed by atoms with Gasteiger partial charge in [0.1, 0.15) is 5.69 Å². The van der Waals surface area contributed by atoms with Gasteiger partial charge in [-0.25, -0.2) is 0 Å². The van der Waals surface area contributed by atoms with Crippen molar-refractivity contribution in [1.82, 2.24) is 4.98 Å². The van der Waals surface area contributed by atoms with Crippen LogP contribution in [-0.4, -0.2) is 16.9 Å². The Morgan fingerprint density at radius 3 is 1.97 bits per heavy atom. The van der Waals surface area contributed by atoms with Crippen LogP contribution in [0.2, 0.25) is 0 Å². The van der Waals surface area contributed by atoms with Gasteiger partial charge in [0.25, 0.3) is 5.91 Å². The second kappa shape index (κ2) is 9.09. The molecule has 1 N–H and O–H groups in total. The van der Waals surface area contributed by atoms with Crippen molar-refractivity contribution < 1.29 is 18.7 Å². The van der Waals surface area contributed by atoms with Gasteiger partial charge in [-0.3, -0.25) is 14.9 Å². The van der Waals surface area contributed by atoms with E-state index in [9.17, 15) is 9.59 Å². The van der Waals surface area contributed by atoms with Crippen molar-refractivity contribution in [2.75, 3.05) is 5.32 Å². The molecule has 3 aromatic carbocycles. The predicted octanol–water partition coefficient (Wildman–Crippen LogP) is 5.25. The summed E-state index contributed by atoms with van der Waals surface area (Å²) >= 11 is 0. The van der Waals surface area contributed by atoms with Crippen molar-refractivity contribution in [3.63, 3.8) is 0 Å². The van der Waals surface area contributed by atoms with Crippen molar-refractivity contribution >= 4 is 17.9 Å². The first-order valence-electron chi connectivity index (χ1n) is 9.76. The average molecular weight is 412 g/mol. The Kier molecular flexibility index (Phi) is 5.89. The van der Waals surface area contributed by atoms with E-state index in [1.165, 1.54) is 6.92 Å². The van der Waals surface area contributed by atoms with E-state index in [4.69, 9.17) is 9.15 Å². The minimum absolute atomic E-state index is 0.0239. The lowest BCUT2D eigenvalue weighted by Crippen LogP contribution is -2.25. The Bertz CT molecular complexity index is 1120. The van der Waals surface area contributed by atoms with Gasteiger partial charge in [-0.15, -0.1) is 0 Å². The summed E-state index contributed by atoms with van der Waals surface area (Å²) in [6.07, 6.45) is -1.12. The van der Waals surface area contributed by atoms with E-state index < -0.39 is 18.0 Å². The zero-order valence-corrected chi connectivity index (χ0v) is 16.8. The number of ether oxygens (including phenoxy) is 1. The van der Waals surface area contributed by atoms with Gasteiger partial charge in [-0.05, 0) is 0 Å². The molecule has 4 aromatic rings. The number of rotatable bonds is 6. The second-order valence-electron chi connectivity index (χ2n) is 6.82. The zero-order valence-electron chi connectivity index (χ0n) is 16.8. The minimum Gasteiger partial charge on any atom is -0.447 e. The molecule has 154 valence electrons. The van der Waals surface area contributed by atoms with Crippen molar-refractivity contribution in [1.29, 1.82) is 0 Å². The highest BCUT2D eigenvalue weighted by Gasteiger charge is 2.26. The lowest BCUT2D eigenvalue weighted by Gasteiger charge is -2.15. The molecule has 0 radical (unpaired) electrons. The fourth-order valence-corrected chi connectivity index (χ4v) is 3.19. The Labute approximate surface area is 179 Å². The number of hydrogen-bond donors (Lipinski definition) is 1. The van der Waals surface area contributed by atoms with Gasteiger partial charge in [0.15, 0.2) is 5.76 Å². The van der Waals surface area contributed by atoms with E-state index in [1.807, 2.05) is 66.7 Å². The quantitative estimate of drug-likeness (QED) is 0.437. The van der Waals surface area contributed by atoms with Crippen LogP contribution in [0.1, 0.15) is 18.6 Å². The van der Waals surface area contributed by atoms with Crippen LogP contribution >= 0.6 is 0 Å². The van der Waals surface area contributed by atoms with Gasteiger partial charge >= 0.3 is 12.0 Å². The summed E-state index contributed by atoms with van der Waals surface area (Å²) in [5.41, 5.74) is 2.83. The van der Waals surface area contributed by atoms with Crippen molar-refractivity contribution in [3.8, 4) is 22.6 Å². The number of hydrogen-bond acceptors (Lipinski definition) is 5. The summed E-state index contributed by atoms with van der Waals surface area (Å²) in [4.78, 5) is 29.0. The molecule has 0 saturated carbocycles. The lowest BCUT2D eigenvalue weighted by molar-refractivity contribution is -0.152. The van der Waals surface area contributed by atoms with Crippen molar-refractivity contribution in [2.24, 2.45) is 0 Å². The number of oxazole rings is 1. The van der Waals surface area contributed by atoms with Gasteiger partial charge in [0.2, 0.25) is 6.10 Å². The van der Waals surface area contributed by atoms with Gasteiger partial charge in [-0.1, -0.05) is 91.0 Å². The van der Waals surface area contributed by atoms with Gasteiger partial charge < -0.3 is 9.15 Å². The largest absolute Gasteiger partial charge is 0.447 e. The summed E-state index contributed by atoms with van der Waals surface area (Å²) in [5.74, 6) is -0.584. The number of carbonyl (C=O) groups is 2. The minimum atomic E-state index is -1.12. The molecule has 6 heteroatoms. The summed E-state index contributed by atoms with van der Waals surface area (Å²) in [6, 6.07) is 27.9. The molecule has 1 atom stereocenters. The third-order valence-corrected chi connectivity index (χ3v) is 4.56. The molecule has 0 fully saturated rings. The molecule has 0 aliphatic carbocycles. The number of amides is 1. The fraction of sp³-hybridized carbons (Fsp3) is 0.0800. The first kappa shape index (κ1) is 20.1. The van der Waals surface area contributed by atoms with Crippen LogP contribution in [-0.2, 0) is 14.3 Å². The summed E-state index contributed by atoms with van der Waals surface area (Å²) in [7, 11) is 0. The van der Waals surface area contributed by atoms with Gasteiger partial charge in [0, 0.05) is 23.6 Å². The molecular weight excluding hydrogens is 392 g/mol. The number of anilines is 1. The fourth-order valence-electron chi connectivity index (χ4n) is 3.19. The predicted molar refractivity (Wildman–Crippen MR) is 117 cm³/mol. The Morgan fingerprint density at radius 1 is 0.839 bits per heavy atom. The van der Waals surface area contributed by atoms with E-state index >= 15 is 0 Å². The monoisotopic (exact) mass is 412 g/mol. The normalized spacial score (nSPS) is 11.5. The highest BCUT2D eigenvalue weighted by molar-refractivity contribution is 5.95. The number of nitrogens with zero attached hydrogens (tertiary/aromatic N) is 1. The Hall–Kier alpha value is -4.19. The highest BCUT2D eigenvalue weighted by Crippen LogP contribution is 2.34. The third kappa shape index (κ3) is 4.70. The van der Waals surface area contributed by atoms with E-state index in [-0.39, 0.29) is 6.01 Å². The number of nitrogens with one attached hydrogen (secondary N) is 1. The van der Waals surface area contributed by atoms with E-state index in [0.717, 1.165) is 11.1 Å². The van der Waals surface area contributed by atoms with Crippen molar-refractivity contribution in [3.05, 3.63) is 96.6 Å². The number of esters is 1. The van der Waals surface area contributed by atoms with Crippen LogP contribution < -0.4 is 5.32 Å². The first-order chi connectivity index (χ1) is 15.1. The van der Waals surface area contributed by atoms with Crippen LogP contribution in [0.3, 0.4) is 0 Å². The molecule has 0 aliphatic rings. The Morgan fingerprint density at radius 2 is 1.39 bits per heavy atom. The number of carbonyl (C=O) groups excluding carboxylic acids is 2. The van der Waals surface area contributed by atoms with Crippen molar-refractivity contribution in [2.45, 2.75) is 13.0 Å². The maximum Gasteiger partial charge on any atom is 0.303 e. The van der Waals surface area contributed by atoms with Crippen LogP contribution in [0.5, 0.6) is 0 Å². The average Bonchev–Trinajstić information content (AvgIpc) is 3.23. The molecule has 1 amide bonds. The molecule has 0 saturated heterocycles. The molecule has 4 rings (SSSR count). The topological polar surface area (TPSA) is 81.4 Å². The second-order valence-corrected chi connectivity index (χ2v) is 6.82. The van der Waals surface area contributed by atoms with Crippen LogP contribution in [0, 0.1) is 0 Å². The molecule has 1 heterocycles. The maximum absolute atomic E-state index is 13.0. The van der Waals surface area contributed by atoms with Crippen LogP contribution in [0.25, 0.3) is 22.6 Å². The van der Waals surface area contributed by atoms with E-state index in [0.29, 0.717) is 17.0 Å². The standard InChI is InChI=1S/C25H20N2O4/c1-17(28)30-23(20-15-9-4-10-16-20)24(29)27-25-26-21(18-11-5-2-6-12-18)22(31-25)19-13-7-3-8-14-19/h2-16,23H,1H3,(H,26,27,29). The van der Waals surface area contributed by atoms with Gasteiger partial charge in [0.05, 0.1) is 0 Å². The third-order valence-electron chi connectivity index (χ3n) is 4.56. The molecule has 6 nitrogen and oxygen atoms in total. The molecule has 1 unspecified atom stereocenters. The summed E-state index contributed by atoms with van der Waals surface area (Å²) < 4.78 is 11.2. The van der Waals surface area contributed by atoms with Gasteiger partial charge in [-0.2, -0.15) is 4.98 Å². The zero-order chi connectivity index (χ0) is 21.6. The highest BCUT2D eigenvalue weighted by atomic mass is 16.5. The van der Waals surface area contributed by atoms with Crippen LogP contribution in [0.4, 0.5) is 6.01 Å². The molecular formula is C25H20N2O4. The summed E-state index contributed by atoms with van der Waals surface area (Å²) in [6.45, 7) is 1.26. The smallest absolute Gasteiger partial charge is 0.303 e. The van der Waals surface area contributed by atoms with E-state index in [1.54, 1.807) is 24.3 Å². The number of aromatic nitrogens is 1. The Balaban J connectivity index is 1.69. The summed E-state index contributed by atoms with van der Waals surface area (Å²) in [5, 5.41) is 2.65.